The van der Waals surface area contributed by atoms with E-state index in [-0.39, 0.29) is 35.8 Å². The van der Waals surface area contributed by atoms with Crippen molar-refractivity contribution in [2.75, 3.05) is 0 Å². The van der Waals surface area contributed by atoms with Crippen LogP contribution in [0.1, 0.15) is 59.0 Å². The molecule has 0 N–H and O–H groups in total. The standard InChI is InChI=1S/C16H13FN4O/c17-12-7-13(11-4-2-1-3-10(11)8-18)21-16(12)19-15(20-21)14(22)9-5-6-9/h1-4,9,12-13H,5-7H2. The van der Waals surface area contributed by atoms with Crippen LogP contribution in [0.3, 0.4) is 0 Å². The first-order chi connectivity index (χ1) is 10.7. The maximum atomic E-state index is 14.3. The number of ketones is 1. The van der Waals surface area contributed by atoms with Crippen LogP contribution in [0.2, 0.25) is 0 Å². The summed E-state index contributed by atoms with van der Waals surface area (Å²) < 4.78 is 15.7. The number of carbonyl (C=O) groups is 1. The third-order valence-electron chi connectivity index (χ3n) is 4.27. The lowest BCUT2D eigenvalue weighted by Gasteiger charge is -2.13. The molecule has 2 atom stereocenters. The van der Waals surface area contributed by atoms with Crippen molar-refractivity contribution in [2.24, 2.45) is 5.92 Å². The normalized spacial score (nSPS) is 23.1. The number of benzene rings is 1. The van der Waals surface area contributed by atoms with Gasteiger partial charge in [0.15, 0.2) is 12.0 Å². The number of alkyl halides is 1. The van der Waals surface area contributed by atoms with Gasteiger partial charge in [-0.05, 0) is 24.5 Å². The van der Waals surface area contributed by atoms with Crippen molar-refractivity contribution in [1.82, 2.24) is 14.8 Å². The zero-order valence-corrected chi connectivity index (χ0v) is 11.7. The number of nitriles is 1. The Hall–Kier alpha value is -2.55. The van der Waals surface area contributed by atoms with Gasteiger partial charge in [0, 0.05) is 12.3 Å². The van der Waals surface area contributed by atoms with Crippen molar-refractivity contribution in [3.05, 3.63) is 47.0 Å². The van der Waals surface area contributed by atoms with Gasteiger partial charge in [-0.25, -0.2) is 14.1 Å². The molecular formula is C16H13FN4O. The highest BCUT2D eigenvalue weighted by Crippen LogP contribution is 2.41. The van der Waals surface area contributed by atoms with E-state index in [4.69, 9.17) is 0 Å². The summed E-state index contributed by atoms with van der Waals surface area (Å²) in [5.41, 5.74) is 1.22. The third kappa shape index (κ3) is 1.93. The molecule has 0 saturated heterocycles. The second-order valence-corrected chi connectivity index (χ2v) is 5.79. The van der Waals surface area contributed by atoms with Crippen LogP contribution in [0, 0.1) is 17.2 Å². The Morgan fingerprint density at radius 1 is 1.36 bits per heavy atom. The second-order valence-electron chi connectivity index (χ2n) is 5.79. The Morgan fingerprint density at radius 3 is 2.86 bits per heavy atom. The highest BCUT2D eigenvalue weighted by molar-refractivity contribution is 5.95. The van der Waals surface area contributed by atoms with Crippen LogP contribution in [-0.2, 0) is 0 Å². The molecule has 6 heteroatoms. The molecule has 1 saturated carbocycles. The fourth-order valence-electron chi connectivity index (χ4n) is 2.96. The number of hydrogen-bond acceptors (Lipinski definition) is 4. The van der Waals surface area contributed by atoms with E-state index >= 15 is 0 Å². The topological polar surface area (TPSA) is 71.6 Å². The average Bonchev–Trinajstić information content (AvgIpc) is 3.22. The van der Waals surface area contributed by atoms with Crippen molar-refractivity contribution < 1.29 is 9.18 Å². The minimum Gasteiger partial charge on any atom is -0.290 e. The fraction of sp³-hybridized carbons (Fsp3) is 0.375. The zero-order valence-electron chi connectivity index (χ0n) is 11.7. The van der Waals surface area contributed by atoms with Crippen LogP contribution in [0.25, 0.3) is 0 Å². The lowest BCUT2D eigenvalue weighted by atomic mass is 9.99. The SMILES string of the molecule is N#Cc1ccccc1C1CC(F)c2nc(C(=O)C3CC3)nn21. The predicted molar refractivity (Wildman–Crippen MR) is 74.8 cm³/mol. The van der Waals surface area contributed by atoms with Gasteiger partial charge in [0.2, 0.25) is 11.6 Å². The summed E-state index contributed by atoms with van der Waals surface area (Å²) in [7, 11) is 0. The van der Waals surface area contributed by atoms with Gasteiger partial charge in [0.25, 0.3) is 0 Å². The summed E-state index contributed by atoms with van der Waals surface area (Å²) >= 11 is 0. The van der Waals surface area contributed by atoms with Crippen LogP contribution >= 0.6 is 0 Å². The van der Waals surface area contributed by atoms with E-state index < -0.39 is 6.17 Å². The first kappa shape index (κ1) is 13.1. The Kier molecular flexibility index (Phi) is 2.83. The van der Waals surface area contributed by atoms with Crippen LogP contribution in [-0.4, -0.2) is 20.5 Å². The van der Waals surface area contributed by atoms with Crippen molar-refractivity contribution in [3.8, 4) is 6.07 Å². The van der Waals surface area contributed by atoms with Crippen molar-refractivity contribution >= 4 is 5.78 Å². The molecule has 110 valence electrons. The summed E-state index contributed by atoms with van der Waals surface area (Å²) in [4.78, 5) is 16.2. The van der Waals surface area contributed by atoms with Gasteiger partial charge in [-0.2, -0.15) is 5.26 Å². The second kappa shape index (κ2) is 4.73. The molecule has 22 heavy (non-hydrogen) atoms. The summed E-state index contributed by atoms with van der Waals surface area (Å²) in [5.74, 6) is 0.216. The quantitative estimate of drug-likeness (QED) is 0.816. The van der Waals surface area contributed by atoms with E-state index in [1.807, 2.05) is 6.07 Å². The minimum atomic E-state index is -1.26. The van der Waals surface area contributed by atoms with E-state index in [2.05, 4.69) is 16.2 Å². The van der Waals surface area contributed by atoms with E-state index in [1.165, 1.54) is 4.68 Å². The molecule has 1 fully saturated rings. The smallest absolute Gasteiger partial charge is 0.217 e. The number of carbonyl (C=O) groups excluding carboxylic acids is 1. The minimum absolute atomic E-state index is 0.00559. The monoisotopic (exact) mass is 296 g/mol. The molecule has 2 heterocycles. The van der Waals surface area contributed by atoms with Crippen molar-refractivity contribution in [1.29, 1.82) is 5.26 Å². The van der Waals surface area contributed by atoms with Gasteiger partial charge in [-0.15, -0.1) is 5.10 Å². The molecule has 0 spiro atoms. The molecule has 2 unspecified atom stereocenters. The van der Waals surface area contributed by atoms with E-state index in [0.717, 1.165) is 18.4 Å². The largest absolute Gasteiger partial charge is 0.290 e. The van der Waals surface area contributed by atoms with Gasteiger partial charge < -0.3 is 0 Å². The van der Waals surface area contributed by atoms with E-state index in [9.17, 15) is 14.4 Å². The molecule has 0 amide bonds. The Bertz CT molecular complexity index is 803. The number of halogens is 1. The van der Waals surface area contributed by atoms with Gasteiger partial charge in [0.05, 0.1) is 17.7 Å². The molecule has 1 aromatic heterocycles. The highest BCUT2D eigenvalue weighted by Gasteiger charge is 2.39. The number of hydrogen-bond donors (Lipinski definition) is 0. The summed E-state index contributed by atoms with van der Waals surface area (Å²) in [6.45, 7) is 0. The molecule has 5 nitrogen and oxygen atoms in total. The fourth-order valence-corrected chi connectivity index (χ4v) is 2.96. The lowest BCUT2D eigenvalue weighted by Crippen LogP contribution is -2.11. The van der Waals surface area contributed by atoms with Crippen LogP contribution in [0.5, 0.6) is 0 Å². The first-order valence-corrected chi connectivity index (χ1v) is 7.32. The lowest BCUT2D eigenvalue weighted by molar-refractivity contribution is 0.0956. The highest BCUT2D eigenvalue weighted by atomic mass is 19.1. The molecule has 1 aromatic carbocycles. The Morgan fingerprint density at radius 2 is 2.14 bits per heavy atom. The zero-order chi connectivity index (χ0) is 15.3. The number of Topliss-reactive ketones (excluding diaryl/α,β-unsaturated/α-hetero) is 1. The number of fused-ring (bicyclic) bond motifs is 1. The molecule has 2 aromatic rings. The summed E-state index contributed by atoms with van der Waals surface area (Å²) in [6.07, 6.45) is 0.668. The van der Waals surface area contributed by atoms with E-state index in [0.29, 0.717) is 5.56 Å². The van der Waals surface area contributed by atoms with Crippen LogP contribution < -0.4 is 0 Å². The molecule has 1 aliphatic heterocycles. The van der Waals surface area contributed by atoms with Gasteiger partial charge in [-0.3, -0.25) is 4.79 Å². The number of aromatic nitrogens is 3. The van der Waals surface area contributed by atoms with Crippen LogP contribution in [0.15, 0.2) is 24.3 Å². The predicted octanol–water partition coefficient (Wildman–Crippen LogP) is 2.75. The number of nitrogens with zero attached hydrogens (tertiary/aromatic N) is 4. The Balaban J connectivity index is 1.76. The molecule has 0 bridgehead atoms. The number of rotatable bonds is 3. The van der Waals surface area contributed by atoms with Crippen molar-refractivity contribution in [3.63, 3.8) is 0 Å². The van der Waals surface area contributed by atoms with Crippen LogP contribution in [0.4, 0.5) is 4.39 Å². The molecule has 1 aliphatic carbocycles. The maximum Gasteiger partial charge on any atom is 0.217 e. The molecule has 2 aliphatic rings. The van der Waals surface area contributed by atoms with Crippen molar-refractivity contribution in [2.45, 2.75) is 31.5 Å². The van der Waals surface area contributed by atoms with E-state index in [1.54, 1.807) is 18.2 Å². The molecular weight excluding hydrogens is 283 g/mol. The molecule has 4 rings (SSSR count). The first-order valence-electron chi connectivity index (χ1n) is 7.32. The van der Waals surface area contributed by atoms with Gasteiger partial charge >= 0.3 is 0 Å². The maximum absolute atomic E-state index is 14.3. The molecule has 0 radical (unpaired) electrons. The van der Waals surface area contributed by atoms with Gasteiger partial charge in [-0.1, -0.05) is 18.2 Å². The summed E-state index contributed by atoms with van der Waals surface area (Å²) in [6, 6.07) is 8.83. The Labute approximate surface area is 126 Å². The average molecular weight is 296 g/mol. The van der Waals surface area contributed by atoms with Gasteiger partial charge in [0.1, 0.15) is 0 Å². The summed E-state index contributed by atoms with van der Waals surface area (Å²) in [5, 5.41) is 13.5. The third-order valence-corrected chi connectivity index (χ3v) is 4.27.